The molecule has 0 unspecified atom stereocenters. The molecule has 0 fully saturated rings. The second-order valence-electron chi connectivity index (χ2n) is 5.36. The largest absolute Gasteiger partial charge is 0.481 e. The Kier molecular flexibility index (Phi) is 4.73. The Morgan fingerprint density at radius 1 is 1.24 bits per heavy atom. The number of carbonyl (C=O) groups is 1. The second-order valence-corrected chi connectivity index (χ2v) is 7.48. The summed E-state index contributed by atoms with van der Waals surface area (Å²) < 4.78 is 27.2. The van der Waals surface area contributed by atoms with Crippen molar-refractivity contribution < 1.29 is 18.3 Å². The molecule has 3 aromatic rings. The van der Waals surface area contributed by atoms with E-state index in [0.717, 1.165) is 3.97 Å². The molecule has 3 rings (SSSR count). The van der Waals surface area contributed by atoms with Crippen molar-refractivity contribution in [2.75, 3.05) is 0 Å². The normalized spacial score (nSPS) is 11.7. The minimum atomic E-state index is -3.94. The van der Waals surface area contributed by atoms with Gasteiger partial charge < -0.3 is 5.11 Å². The molecule has 9 heteroatoms. The highest BCUT2D eigenvalue weighted by molar-refractivity contribution is 7.90. The van der Waals surface area contributed by atoms with Crippen LogP contribution in [0.15, 0.2) is 47.6 Å². The predicted octanol–water partition coefficient (Wildman–Crippen LogP) is 2.73. The van der Waals surface area contributed by atoms with Crippen LogP contribution in [0.5, 0.6) is 0 Å². The zero-order valence-corrected chi connectivity index (χ0v) is 14.5. The van der Waals surface area contributed by atoms with E-state index in [4.69, 9.17) is 16.7 Å². The van der Waals surface area contributed by atoms with Crippen LogP contribution < -0.4 is 0 Å². The fraction of sp³-hybridized carbons (Fsp3) is 0.188. The lowest BCUT2D eigenvalue weighted by atomic mass is 10.2. The van der Waals surface area contributed by atoms with Crippen molar-refractivity contribution in [1.29, 1.82) is 0 Å². The van der Waals surface area contributed by atoms with Gasteiger partial charge in [-0.1, -0.05) is 17.7 Å². The molecule has 3 heterocycles. The van der Waals surface area contributed by atoms with E-state index in [9.17, 15) is 13.2 Å². The average Bonchev–Trinajstić information content (AvgIpc) is 2.93. The van der Waals surface area contributed by atoms with Gasteiger partial charge in [0, 0.05) is 18.3 Å². The maximum Gasteiger partial charge on any atom is 0.303 e. The number of carboxylic acids is 1. The van der Waals surface area contributed by atoms with Crippen LogP contribution in [0.25, 0.3) is 11.0 Å². The number of aliphatic carboxylic acids is 1. The molecule has 0 atom stereocenters. The monoisotopic (exact) mass is 379 g/mol. The molecule has 3 aromatic heterocycles. The van der Waals surface area contributed by atoms with E-state index >= 15 is 0 Å². The quantitative estimate of drug-likeness (QED) is 0.660. The lowest BCUT2D eigenvalue weighted by Crippen LogP contribution is -2.17. The maximum atomic E-state index is 13.0. The summed E-state index contributed by atoms with van der Waals surface area (Å²) in [4.78, 5) is 18.8. The summed E-state index contributed by atoms with van der Waals surface area (Å²) in [6, 6.07) is 9.32. The lowest BCUT2D eigenvalue weighted by molar-refractivity contribution is -0.137. The number of hydrogen-bond acceptors (Lipinski definition) is 5. The van der Waals surface area contributed by atoms with E-state index in [1.807, 2.05) is 0 Å². The maximum absolute atomic E-state index is 13.0. The number of nitrogens with zero attached hydrogens (tertiary/aromatic N) is 3. The average molecular weight is 380 g/mol. The number of halogens is 1. The molecule has 25 heavy (non-hydrogen) atoms. The van der Waals surface area contributed by atoms with E-state index in [0.29, 0.717) is 23.1 Å². The van der Waals surface area contributed by atoms with E-state index in [1.54, 1.807) is 24.3 Å². The van der Waals surface area contributed by atoms with Crippen molar-refractivity contribution in [3.8, 4) is 0 Å². The molecule has 0 saturated carbocycles. The van der Waals surface area contributed by atoms with Crippen molar-refractivity contribution in [2.24, 2.45) is 0 Å². The molecule has 0 spiro atoms. The molecule has 0 aromatic carbocycles. The number of rotatable bonds is 6. The van der Waals surface area contributed by atoms with Gasteiger partial charge in [-0.25, -0.2) is 13.9 Å². The Hall–Kier alpha value is -2.45. The van der Waals surface area contributed by atoms with Crippen LogP contribution in [-0.2, 0) is 21.2 Å². The van der Waals surface area contributed by atoms with Gasteiger partial charge in [0.2, 0.25) is 0 Å². The number of aryl methyl sites for hydroxylation is 1. The van der Waals surface area contributed by atoms with Crippen LogP contribution in [0.2, 0.25) is 5.15 Å². The van der Waals surface area contributed by atoms with Gasteiger partial charge in [-0.2, -0.15) is 8.42 Å². The standard InChI is InChI=1S/C16H14ClN3O4S/c17-14-8-7-13-12(19-14)10-11(4-3-6-16(21)22)20(13)25(23,24)15-5-1-2-9-18-15/h1-2,5,7-10H,3-4,6H2,(H,21,22). The molecule has 0 aliphatic heterocycles. The molecular formula is C16H14ClN3O4S. The Morgan fingerprint density at radius 3 is 2.72 bits per heavy atom. The molecule has 130 valence electrons. The third-order valence-corrected chi connectivity index (χ3v) is 5.51. The first-order valence-corrected chi connectivity index (χ1v) is 9.26. The molecule has 0 aliphatic carbocycles. The number of carboxylic acid groups (broad SMARTS) is 1. The van der Waals surface area contributed by atoms with Crippen molar-refractivity contribution in [3.05, 3.63) is 53.4 Å². The van der Waals surface area contributed by atoms with Gasteiger partial charge in [0.25, 0.3) is 10.0 Å². The first-order chi connectivity index (χ1) is 11.9. The molecule has 7 nitrogen and oxygen atoms in total. The lowest BCUT2D eigenvalue weighted by Gasteiger charge is -2.11. The van der Waals surface area contributed by atoms with Crippen LogP contribution in [0.3, 0.4) is 0 Å². The number of fused-ring (bicyclic) bond motifs is 1. The fourth-order valence-corrected chi connectivity index (χ4v) is 4.22. The summed E-state index contributed by atoms with van der Waals surface area (Å²) >= 11 is 5.90. The highest BCUT2D eigenvalue weighted by Crippen LogP contribution is 2.26. The smallest absolute Gasteiger partial charge is 0.303 e. The van der Waals surface area contributed by atoms with Crippen LogP contribution in [-0.4, -0.2) is 33.4 Å². The fourth-order valence-electron chi connectivity index (χ4n) is 2.56. The van der Waals surface area contributed by atoms with Gasteiger partial charge in [0.05, 0.1) is 11.0 Å². The zero-order chi connectivity index (χ0) is 18.0. The third-order valence-electron chi connectivity index (χ3n) is 3.62. The Balaban J connectivity index is 2.15. The van der Waals surface area contributed by atoms with Crippen molar-refractivity contribution in [3.63, 3.8) is 0 Å². The van der Waals surface area contributed by atoms with Crippen LogP contribution >= 0.6 is 11.6 Å². The third kappa shape index (κ3) is 3.49. The number of hydrogen-bond donors (Lipinski definition) is 1. The van der Waals surface area contributed by atoms with E-state index in [1.165, 1.54) is 18.3 Å². The summed E-state index contributed by atoms with van der Waals surface area (Å²) in [5.41, 5.74) is 1.24. The second kappa shape index (κ2) is 6.81. The van der Waals surface area contributed by atoms with Crippen molar-refractivity contribution in [2.45, 2.75) is 24.3 Å². The molecular weight excluding hydrogens is 366 g/mol. The van der Waals surface area contributed by atoms with Crippen LogP contribution in [0.1, 0.15) is 18.5 Å². The summed E-state index contributed by atoms with van der Waals surface area (Å²) in [6.45, 7) is 0. The molecule has 0 aliphatic rings. The minimum Gasteiger partial charge on any atom is -0.481 e. The van der Waals surface area contributed by atoms with Crippen LogP contribution in [0, 0.1) is 0 Å². The van der Waals surface area contributed by atoms with Crippen molar-refractivity contribution in [1.82, 2.24) is 13.9 Å². The van der Waals surface area contributed by atoms with Gasteiger partial charge in [0.15, 0.2) is 5.03 Å². The number of aromatic nitrogens is 3. The predicted molar refractivity (Wildman–Crippen MR) is 92.1 cm³/mol. The molecule has 0 radical (unpaired) electrons. The summed E-state index contributed by atoms with van der Waals surface area (Å²) in [5, 5.41) is 8.96. The Bertz CT molecular complexity index is 1030. The van der Waals surface area contributed by atoms with Gasteiger partial charge in [-0.05, 0) is 43.2 Å². The molecule has 0 bridgehead atoms. The summed E-state index contributed by atoms with van der Waals surface area (Å²) in [5.74, 6) is -0.934. The molecule has 0 saturated heterocycles. The highest BCUT2D eigenvalue weighted by Gasteiger charge is 2.24. The molecule has 1 N–H and O–H groups in total. The number of pyridine rings is 2. The molecule has 0 amide bonds. The summed E-state index contributed by atoms with van der Waals surface area (Å²) in [6.07, 6.45) is 1.92. The highest BCUT2D eigenvalue weighted by atomic mass is 35.5. The van der Waals surface area contributed by atoms with Gasteiger partial charge in [0.1, 0.15) is 5.15 Å². The van der Waals surface area contributed by atoms with Gasteiger partial charge >= 0.3 is 5.97 Å². The van der Waals surface area contributed by atoms with Gasteiger partial charge in [-0.15, -0.1) is 0 Å². The summed E-state index contributed by atoms with van der Waals surface area (Å²) in [7, 11) is -3.94. The zero-order valence-electron chi connectivity index (χ0n) is 13.0. The van der Waals surface area contributed by atoms with Crippen molar-refractivity contribution >= 4 is 38.6 Å². The van der Waals surface area contributed by atoms with Crippen LogP contribution in [0.4, 0.5) is 0 Å². The SMILES string of the molecule is O=C(O)CCCc1cc2nc(Cl)ccc2n1S(=O)(=O)c1ccccn1. The van der Waals surface area contributed by atoms with E-state index in [-0.39, 0.29) is 23.0 Å². The minimum absolute atomic E-state index is 0.0562. The first-order valence-electron chi connectivity index (χ1n) is 7.45. The Labute approximate surface area is 149 Å². The topological polar surface area (TPSA) is 102 Å². The van der Waals surface area contributed by atoms with E-state index in [2.05, 4.69) is 9.97 Å². The van der Waals surface area contributed by atoms with Gasteiger partial charge in [-0.3, -0.25) is 4.79 Å². The first kappa shape index (κ1) is 17.4. The Morgan fingerprint density at radius 2 is 2.04 bits per heavy atom. The van der Waals surface area contributed by atoms with E-state index < -0.39 is 16.0 Å².